The molecule has 2 aromatic carbocycles. The number of carbonyl (C=O) groups is 1. The van der Waals surface area contributed by atoms with Gasteiger partial charge in [0.2, 0.25) is 11.0 Å². The van der Waals surface area contributed by atoms with E-state index in [1.54, 1.807) is 26.1 Å². The number of hydrogen-bond acceptors (Lipinski definition) is 7. The topological polar surface area (TPSA) is 67.3 Å². The molecule has 1 amide bonds. The molecule has 0 fully saturated rings. The van der Waals surface area contributed by atoms with E-state index in [-0.39, 0.29) is 11.2 Å². The second-order valence-corrected chi connectivity index (χ2v) is 8.20. The quantitative estimate of drug-likeness (QED) is 0.599. The number of hydrogen-bond donors (Lipinski definition) is 1. The van der Waals surface area contributed by atoms with Gasteiger partial charge in [-0.3, -0.25) is 4.79 Å². The lowest BCUT2D eigenvalue weighted by molar-refractivity contribution is -0.128. The van der Waals surface area contributed by atoms with E-state index in [9.17, 15) is 4.79 Å². The third-order valence-electron chi connectivity index (χ3n) is 3.71. The van der Waals surface area contributed by atoms with Gasteiger partial charge in [-0.15, -0.1) is 10.2 Å². The molecular weight excluding hydrogens is 380 g/mol. The van der Waals surface area contributed by atoms with Crippen molar-refractivity contribution in [2.45, 2.75) is 9.59 Å². The zero-order valence-corrected chi connectivity index (χ0v) is 16.9. The first-order valence-electron chi connectivity index (χ1n) is 8.24. The summed E-state index contributed by atoms with van der Waals surface area (Å²) in [5.41, 5.74) is 1.81. The SMILES string of the molecule is COc1cccc(Nc2nnc(S[C@H](C(=O)N(C)C)c3ccccc3)s2)c1. The molecule has 0 radical (unpaired) electrons. The normalized spacial score (nSPS) is 11.7. The zero-order valence-electron chi connectivity index (χ0n) is 15.2. The standard InChI is InChI=1S/C19H20N4O2S2/c1-23(2)17(24)16(13-8-5-4-6-9-13)26-19-22-21-18(27-19)20-14-10-7-11-15(12-14)25-3/h4-12,16H,1-3H3,(H,20,21)/t16-/m0/s1. The summed E-state index contributed by atoms with van der Waals surface area (Å²) >= 11 is 2.82. The summed E-state index contributed by atoms with van der Waals surface area (Å²) in [7, 11) is 5.15. The first-order chi connectivity index (χ1) is 13.1. The number of carbonyl (C=O) groups excluding carboxylic acids is 1. The summed E-state index contributed by atoms with van der Waals surface area (Å²) < 4.78 is 5.96. The minimum Gasteiger partial charge on any atom is -0.497 e. The Morgan fingerprint density at radius 2 is 1.93 bits per heavy atom. The monoisotopic (exact) mass is 400 g/mol. The molecule has 3 aromatic rings. The van der Waals surface area contributed by atoms with Crippen LogP contribution < -0.4 is 10.1 Å². The molecule has 0 unspecified atom stereocenters. The van der Waals surface area contributed by atoms with Gasteiger partial charge in [-0.1, -0.05) is 59.5 Å². The number of amides is 1. The van der Waals surface area contributed by atoms with Gasteiger partial charge in [0.1, 0.15) is 11.0 Å². The maximum atomic E-state index is 12.6. The number of nitrogens with one attached hydrogen (secondary N) is 1. The fourth-order valence-electron chi connectivity index (χ4n) is 2.36. The summed E-state index contributed by atoms with van der Waals surface area (Å²) in [4.78, 5) is 14.2. The van der Waals surface area contributed by atoms with Crippen LogP contribution in [0, 0.1) is 0 Å². The molecule has 1 N–H and O–H groups in total. The van der Waals surface area contributed by atoms with E-state index in [4.69, 9.17) is 4.74 Å². The Balaban J connectivity index is 1.76. The lowest BCUT2D eigenvalue weighted by Crippen LogP contribution is -2.26. The van der Waals surface area contributed by atoms with Crippen LogP contribution in [0.5, 0.6) is 5.75 Å². The number of likely N-dealkylation sites (N-methyl/N-ethyl adjacent to an activating group) is 1. The molecule has 8 heteroatoms. The van der Waals surface area contributed by atoms with E-state index in [0.717, 1.165) is 21.3 Å². The van der Waals surface area contributed by atoms with E-state index in [1.165, 1.54) is 23.1 Å². The summed E-state index contributed by atoms with van der Waals surface area (Å²) in [6.45, 7) is 0. The molecule has 1 aromatic heterocycles. The highest BCUT2D eigenvalue weighted by molar-refractivity contribution is 8.01. The van der Waals surface area contributed by atoms with Crippen LogP contribution in [-0.2, 0) is 4.79 Å². The zero-order chi connectivity index (χ0) is 19.2. The Bertz CT molecular complexity index is 899. The Hall–Kier alpha value is -2.58. The number of nitrogens with zero attached hydrogens (tertiary/aromatic N) is 3. The molecule has 1 heterocycles. The molecule has 0 bridgehead atoms. The van der Waals surface area contributed by atoms with Crippen molar-refractivity contribution in [3.8, 4) is 5.75 Å². The van der Waals surface area contributed by atoms with Crippen LogP contribution in [-0.4, -0.2) is 42.2 Å². The van der Waals surface area contributed by atoms with E-state index >= 15 is 0 Å². The van der Waals surface area contributed by atoms with Crippen LogP contribution in [0.15, 0.2) is 58.9 Å². The number of thioether (sulfide) groups is 1. The smallest absolute Gasteiger partial charge is 0.240 e. The molecule has 0 saturated carbocycles. The first kappa shape index (κ1) is 19.2. The molecule has 140 valence electrons. The summed E-state index contributed by atoms with van der Waals surface area (Å²) in [5.74, 6) is 0.781. The number of anilines is 2. The average Bonchev–Trinajstić information content (AvgIpc) is 3.13. The van der Waals surface area contributed by atoms with E-state index in [2.05, 4.69) is 15.5 Å². The largest absolute Gasteiger partial charge is 0.497 e. The Kier molecular flexibility index (Phi) is 6.31. The van der Waals surface area contributed by atoms with Crippen molar-refractivity contribution in [2.24, 2.45) is 0 Å². The van der Waals surface area contributed by atoms with Crippen LogP contribution in [0.2, 0.25) is 0 Å². The van der Waals surface area contributed by atoms with Crippen molar-refractivity contribution < 1.29 is 9.53 Å². The van der Waals surface area contributed by atoms with Crippen molar-refractivity contribution >= 4 is 39.8 Å². The maximum absolute atomic E-state index is 12.6. The van der Waals surface area contributed by atoms with E-state index in [1.807, 2.05) is 54.6 Å². The van der Waals surface area contributed by atoms with Crippen molar-refractivity contribution in [1.82, 2.24) is 15.1 Å². The Morgan fingerprint density at radius 3 is 2.63 bits per heavy atom. The molecule has 0 spiro atoms. The first-order valence-corrected chi connectivity index (χ1v) is 9.94. The fourth-order valence-corrected chi connectivity index (χ4v) is 4.47. The van der Waals surface area contributed by atoms with Crippen LogP contribution in [0.25, 0.3) is 0 Å². The third kappa shape index (κ3) is 4.99. The highest BCUT2D eigenvalue weighted by atomic mass is 32.2. The molecule has 1 atom stereocenters. The number of aromatic nitrogens is 2. The molecule has 6 nitrogen and oxygen atoms in total. The molecule has 0 aliphatic carbocycles. The summed E-state index contributed by atoms with van der Waals surface area (Å²) in [6.07, 6.45) is 0. The Morgan fingerprint density at radius 1 is 1.15 bits per heavy atom. The third-order valence-corrected chi connectivity index (χ3v) is 5.88. The van der Waals surface area contributed by atoms with Crippen molar-refractivity contribution in [1.29, 1.82) is 0 Å². The lowest BCUT2D eigenvalue weighted by atomic mass is 10.1. The summed E-state index contributed by atoms with van der Waals surface area (Å²) in [6, 6.07) is 17.3. The van der Waals surface area contributed by atoms with Gasteiger partial charge in [-0.2, -0.15) is 0 Å². The van der Waals surface area contributed by atoms with Gasteiger partial charge in [0, 0.05) is 25.8 Å². The predicted octanol–water partition coefficient (Wildman–Crippen LogP) is 4.21. The van der Waals surface area contributed by atoms with E-state index < -0.39 is 0 Å². The highest BCUT2D eigenvalue weighted by Gasteiger charge is 2.25. The highest BCUT2D eigenvalue weighted by Crippen LogP contribution is 2.39. The second-order valence-electron chi connectivity index (χ2n) is 5.87. The number of rotatable bonds is 7. The predicted molar refractivity (Wildman–Crippen MR) is 110 cm³/mol. The molecular formula is C19H20N4O2S2. The number of ether oxygens (including phenoxy) is 1. The molecule has 0 saturated heterocycles. The Labute approximate surface area is 166 Å². The van der Waals surface area contributed by atoms with Crippen molar-refractivity contribution in [3.05, 3.63) is 60.2 Å². The van der Waals surface area contributed by atoms with Gasteiger partial charge in [-0.25, -0.2) is 0 Å². The van der Waals surface area contributed by atoms with Crippen molar-refractivity contribution in [2.75, 3.05) is 26.5 Å². The van der Waals surface area contributed by atoms with Gasteiger partial charge >= 0.3 is 0 Å². The van der Waals surface area contributed by atoms with Gasteiger partial charge in [0.05, 0.1) is 7.11 Å². The fraction of sp³-hybridized carbons (Fsp3) is 0.211. The number of benzene rings is 2. The molecule has 0 aliphatic heterocycles. The van der Waals surface area contributed by atoms with Gasteiger partial charge in [0.15, 0.2) is 4.34 Å². The van der Waals surface area contributed by atoms with Gasteiger partial charge < -0.3 is 15.0 Å². The second kappa shape index (κ2) is 8.88. The minimum atomic E-state index is -0.362. The van der Waals surface area contributed by atoms with Gasteiger partial charge in [-0.05, 0) is 17.7 Å². The van der Waals surface area contributed by atoms with Crippen LogP contribution in [0.3, 0.4) is 0 Å². The van der Waals surface area contributed by atoms with E-state index in [0.29, 0.717) is 5.13 Å². The van der Waals surface area contributed by atoms with Crippen LogP contribution >= 0.6 is 23.1 Å². The minimum absolute atomic E-state index is 0.0173. The summed E-state index contributed by atoms with van der Waals surface area (Å²) in [5, 5.41) is 11.9. The molecule has 27 heavy (non-hydrogen) atoms. The number of methoxy groups -OCH3 is 1. The van der Waals surface area contributed by atoms with Crippen molar-refractivity contribution in [3.63, 3.8) is 0 Å². The average molecular weight is 401 g/mol. The lowest BCUT2D eigenvalue weighted by Gasteiger charge is -2.19. The molecule has 3 rings (SSSR count). The van der Waals surface area contributed by atoms with Gasteiger partial charge in [0.25, 0.3) is 0 Å². The van der Waals surface area contributed by atoms with Crippen LogP contribution in [0.1, 0.15) is 10.8 Å². The maximum Gasteiger partial charge on any atom is 0.240 e. The molecule has 0 aliphatic rings. The van der Waals surface area contributed by atoms with Crippen LogP contribution in [0.4, 0.5) is 10.8 Å².